The zero-order chi connectivity index (χ0) is 9.12. The van der Waals surface area contributed by atoms with Crippen molar-refractivity contribution in [3.8, 4) is 0 Å². The van der Waals surface area contributed by atoms with E-state index in [4.69, 9.17) is 19.6 Å². The molecule has 0 heterocycles. The van der Waals surface area contributed by atoms with Gasteiger partial charge in [-0.1, -0.05) is 0 Å². The van der Waals surface area contributed by atoms with Crippen molar-refractivity contribution in [2.24, 2.45) is 0 Å². The molecule has 0 aromatic heterocycles. The Morgan fingerprint density at radius 3 is 1.42 bits per heavy atom. The van der Waals surface area contributed by atoms with Gasteiger partial charge in [0.1, 0.15) is 0 Å². The first-order chi connectivity index (χ1) is 4.71. The van der Waals surface area contributed by atoms with Gasteiger partial charge in [-0.25, -0.2) is 9.13 Å². The Labute approximate surface area is 91.1 Å². The van der Waals surface area contributed by atoms with Crippen LogP contribution in [0, 0.1) is 0 Å². The fourth-order valence-electron chi connectivity index (χ4n) is 0.161. The van der Waals surface area contributed by atoms with Crippen molar-refractivity contribution in [2.75, 3.05) is 6.79 Å². The van der Waals surface area contributed by atoms with Crippen molar-refractivity contribution in [3.05, 3.63) is 0 Å². The summed E-state index contributed by atoms with van der Waals surface area (Å²) in [6.07, 6.45) is 0. The van der Waals surface area contributed by atoms with Gasteiger partial charge in [-0.2, -0.15) is 0 Å². The largest absolute Gasteiger partial charge is 1.00 e. The molecule has 11 heteroatoms. The Kier molecular flexibility index (Phi) is 7.64. The molecule has 12 heavy (non-hydrogen) atoms. The molecule has 0 saturated carbocycles. The van der Waals surface area contributed by atoms with Crippen LogP contribution in [0.1, 0.15) is 1.43 Å². The minimum absolute atomic E-state index is 0. The Balaban J connectivity index is -0.000000500. The van der Waals surface area contributed by atoms with E-state index in [-0.39, 0.29) is 31.0 Å². The Bertz CT molecular complexity index is 184. The van der Waals surface area contributed by atoms with Crippen LogP contribution in [0.25, 0.3) is 0 Å². The van der Waals surface area contributed by atoms with Crippen LogP contribution in [-0.2, 0) is 18.2 Å². The third-order valence-electron chi connectivity index (χ3n) is 0.442. The topological polar surface area (TPSA) is 134 Å². The maximum Gasteiger partial charge on any atom is 1.00 e. The number of phosphoric acid groups is 2. The van der Waals surface area contributed by atoms with E-state index in [0.29, 0.717) is 0 Å². The molecule has 0 aromatic rings. The molecule has 0 unspecified atom stereocenters. The first-order valence-electron chi connectivity index (χ1n) is 2.11. The van der Waals surface area contributed by atoms with E-state index in [1.807, 2.05) is 0 Å². The predicted octanol–water partition coefficient (Wildman–Crippen LogP) is -3.72. The zero-order valence-corrected chi connectivity index (χ0v) is 9.81. The smallest absolute Gasteiger partial charge is 1.00 e. The van der Waals surface area contributed by atoms with Gasteiger partial charge in [0.05, 0.1) is 0 Å². The molecule has 0 aromatic carbocycles. The standard InChI is InChI=1S/CH6O8P2.Na.H/c2-10(3,4)8-1-9-11(5,6)7;;/h1H2,(H2,2,3,4)(H2,5,6,7);;/q;+1;-1. The molecule has 8 nitrogen and oxygen atoms in total. The number of rotatable bonds is 4. The minimum atomic E-state index is -4.72. The molecule has 0 aliphatic heterocycles. The average molecular weight is 232 g/mol. The fraction of sp³-hybridized carbons (Fsp3) is 1.00. The molecular formula is CH7NaO8P2. The molecule has 0 radical (unpaired) electrons. The second-order valence-corrected chi connectivity index (χ2v) is 3.84. The molecule has 0 aliphatic carbocycles. The van der Waals surface area contributed by atoms with Crippen LogP contribution in [0.5, 0.6) is 0 Å². The zero-order valence-electron chi connectivity index (χ0n) is 7.02. The van der Waals surface area contributed by atoms with Crippen LogP contribution >= 0.6 is 15.6 Å². The van der Waals surface area contributed by atoms with Crippen LogP contribution in [0.3, 0.4) is 0 Å². The minimum Gasteiger partial charge on any atom is -1.00 e. The monoisotopic (exact) mass is 232 g/mol. The molecule has 70 valence electrons. The summed E-state index contributed by atoms with van der Waals surface area (Å²) in [6.45, 7) is -1.16. The van der Waals surface area contributed by atoms with E-state index in [9.17, 15) is 9.13 Å². The van der Waals surface area contributed by atoms with Gasteiger partial charge in [0.25, 0.3) is 0 Å². The van der Waals surface area contributed by atoms with E-state index >= 15 is 0 Å². The van der Waals surface area contributed by atoms with E-state index in [2.05, 4.69) is 9.05 Å². The van der Waals surface area contributed by atoms with Crippen molar-refractivity contribution < 1.29 is 68.7 Å². The maximum absolute atomic E-state index is 9.86. The van der Waals surface area contributed by atoms with E-state index < -0.39 is 22.4 Å². The summed E-state index contributed by atoms with van der Waals surface area (Å²) in [4.78, 5) is 31.9. The number of hydrogen-bond acceptors (Lipinski definition) is 4. The molecule has 0 atom stereocenters. The third-order valence-corrected chi connectivity index (χ3v) is 1.33. The van der Waals surface area contributed by atoms with Gasteiger partial charge >= 0.3 is 45.2 Å². The van der Waals surface area contributed by atoms with Crippen LogP contribution in [0.4, 0.5) is 0 Å². The normalized spacial score (nSPS) is 12.3. The SMILES string of the molecule is O=P(O)(O)OCOP(=O)(O)O.[H-].[Na+]. The van der Waals surface area contributed by atoms with Gasteiger partial charge in [0.15, 0.2) is 6.79 Å². The summed E-state index contributed by atoms with van der Waals surface area (Å²) in [5.41, 5.74) is 0. The Hall–Kier alpha value is 1.22. The van der Waals surface area contributed by atoms with Crippen LogP contribution < -0.4 is 29.6 Å². The van der Waals surface area contributed by atoms with Crippen molar-refractivity contribution in [1.29, 1.82) is 0 Å². The molecule has 0 saturated heterocycles. The van der Waals surface area contributed by atoms with Gasteiger partial charge in [-0.05, 0) is 0 Å². The molecule has 0 rings (SSSR count). The summed E-state index contributed by atoms with van der Waals surface area (Å²) in [5, 5.41) is 0. The van der Waals surface area contributed by atoms with Crippen LogP contribution in [-0.4, -0.2) is 26.4 Å². The fourth-order valence-corrected chi connectivity index (χ4v) is 0.624. The van der Waals surface area contributed by atoms with E-state index in [1.165, 1.54) is 0 Å². The van der Waals surface area contributed by atoms with Crippen molar-refractivity contribution in [2.45, 2.75) is 0 Å². The van der Waals surface area contributed by atoms with Gasteiger partial charge in [-0.15, -0.1) is 0 Å². The quantitative estimate of drug-likeness (QED) is 0.221. The summed E-state index contributed by atoms with van der Waals surface area (Å²) in [7, 11) is -9.44. The molecular weight excluding hydrogens is 225 g/mol. The summed E-state index contributed by atoms with van der Waals surface area (Å²) < 4.78 is 26.8. The first-order valence-corrected chi connectivity index (χ1v) is 5.17. The second kappa shape index (κ2) is 5.85. The summed E-state index contributed by atoms with van der Waals surface area (Å²) in [6, 6.07) is 0. The second-order valence-electron chi connectivity index (χ2n) is 1.36. The van der Waals surface area contributed by atoms with E-state index in [1.54, 1.807) is 0 Å². The molecule has 0 spiro atoms. The van der Waals surface area contributed by atoms with Gasteiger partial charge in [-0.3, -0.25) is 9.05 Å². The third kappa shape index (κ3) is 13.8. The van der Waals surface area contributed by atoms with Crippen LogP contribution in [0.15, 0.2) is 0 Å². The molecule has 0 aliphatic rings. The number of hydrogen-bond donors (Lipinski definition) is 4. The average Bonchev–Trinajstić information content (AvgIpc) is 1.55. The molecule has 0 fully saturated rings. The Morgan fingerprint density at radius 2 is 1.25 bits per heavy atom. The van der Waals surface area contributed by atoms with Crippen LogP contribution in [0.2, 0.25) is 0 Å². The first kappa shape index (κ1) is 15.7. The Morgan fingerprint density at radius 1 is 1.00 bits per heavy atom. The van der Waals surface area contributed by atoms with Crippen molar-refractivity contribution in [1.82, 2.24) is 0 Å². The summed E-state index contributed by atoms with van der Waals surface area (Å²) >= 11 is 0. The molecule has 0 bridgehead atoms. The number of phosphoric ester groups is 2. The van der Waals surface area contributed by atoms with Crippen molar-refractivity contribution >= 4 is 15.6 Å². The van der Waals surface area contributed by atoms with Gasteiger partial charge in [0.2, 0.25) is 0 Å². The molecule has 0 amide bonds. The van der Waals surface area contributed by atoms with Gasteiger partial charge in [0, 0.05) is 0 Å². The molecule has 4 N–H and O–H groups in total. The maximum atomic E-state index is 9.86. The predicted molar refractivity (Wildman–Crippen MR) is 32.2 cm³/mol. The van der Waals surface area contributed by atoms with E-state index in [0.717, 1.165) is 0 Å². The summed E-state index contributed by atoms with van der Waals surface area (Å²) in [5.74, 6) is 0. The van der Waals surface area contributed by atoms with Crippen molar-refractivity contribution in [3.63, 3.8) is 0 Å². The van der Waals surface area contributed by atoms with Gasteiger partial charge < -0.3 is 21.0 Å².